The first-order chi connectivity index (χ1) is 22.9. The summed E-state index contributed by atoms with van der Waals surface area (Å²) < 4.78 is 31.8. The van der Waals surface area contributed by atoms with Gasteiger partial charge in [0.25, 0.3) is 5.91 Å². The summed E-state index contributed by atoms with van der Waals surface area (Å²) in [5, 5.41) is 12.3. The molecule has 5 rings (SSSR count). The number of carbonyl (C=O) groups excluding carboxylic acids is 2. The van der Waals surface area contributed by atoms with Gasteiger partial charge in [0.05, 0.1) is 48.5 Å². The van der Waals surface area contributed by atoms with Crippen molar-refractivity contribution in [2.75, 3.05) is 31.7 Å². The zero-order valence-electron chi connectivity index (χ0n) is 25.9. The molecular formula is C36H36FN5O5. The van der Waals surface area contributed by atoms with Gasteiger partial charge in [0, 0.05) is 25.1 Å². The standard InChI is InChI=1S/C36H36FN5O5/c1-45-36(44)42(35(43)34(39)33(25-8-4-2-5-9-25)26-10-6-3-7-11-26)32-18-27(37)20-41-31(32)17-16-29-21-40-22-30(47-29)23-46-28-14-12-24(19-38)13-15-28/h2-15,18,20,29-30,33-34,40H,16-17,21-23,39H2,1H3/t29-,30+,34+/m1/s1. The first kappa shape index (κ1) is 33.2. The van der Waals surface area contributed by atoms with Crippen LogP contribution in [0.1, 0.15) is 34.7 Å². The van der Waals surface area contributed by atoms with Crippen molar-refractivity contribution in [3.05, 3.63) is 125 Å². The number of halogens is 1. The minimum atomic E-state index is -1.22. The number of nitrogens with zero attached hydrogens (tertiary/aromatic N) is 3. The first-order valence-electron chi connectivity index (χ1n) is 15.3. The molecule has 1 fully saturated rings. The van der Waals surface area contributed by atoms with Crippen molar-refractivity contribution in [1.82, 2.24) is 10.3 Å². The topological polar surface area (TPSA) is 140 Å². The van der Waals surface area contributed by atoms with Crippen molar-refractivity contribution >= 4 is 17.7 Å². The second kappa shape index (κ2) is 15.9. The van der Waals surface area contributed by atoms with E-state index in [1.807, 2.05) is 60.7 Å². The van der Waals surface area contributed by atoms with Crippen LogP contribution in [0.15, 0.2) is 97.2 Å². The second-order valence-corrected chi connectivity index (χ2v) is 11.1. The number of aromatic nitrogens is 1. The van der Waals surface area contributed by atoms with Gasteiger partial charge in [0.1, 0.15) is 24.3 Å². The highest BCUT2D eigenvalue weighted by molar-refractivity contribution is 6.14. The number of benzene rings is 3. The Hall–Kier alpha value is -5.15. The summed E-state index contributed by atoms with van der Waals surface area (Å²) in [6.45, 7) is 1.44. The zero-order valence-corrected chi connectivity index (χ0v) is 25.9. The largest absolute Gasteiger partial charge is 0.491 e. The van der Waals surface area contributed by atoms with Gasteiger partial charge in [-0.3, -0.25) is 9.78 Å². The maximum Gasteiger partial charge on any atom is 0.421 e. The molecule has 1 saturated heterocycles. The number of nitriles is 1. The molecule has 0 saturated carbocycles. The van der Waals surface area contributed by atoms with Crippen molar-refractivity contribution in [2.24, 2.45) is 5.73 Å². The fourth-order valence-corrected chi connectivity index (χ4v) is 5.62. The molecule has 10 nitrogen and oxygen atoms in total. The third-order valence-corrected chi connectivity index (χ3v) is 7.95. The molecular weight excluding hydrogens is 601 g/mol. The van der Waals surface area contributed by atoms with E-state index >= 15 is 0 Å². The minimum Gasteiger partial charge on any atom is -0.491 e. The number of anilines is 1. The predicted molar refractivity (Wildman–Crippen MR) is 173 cm³/mol. The number of methoxy groups -OCH3 is 1. The molecule has 3 N–H and O–H groups in total. The number of ether oxygens (including phenoxy) is 3. The lowest BCUT2D eigenvalue weighted by atomic mass is 9.84. The molecule has 2 heterocycles. The molecule has 3 atom stereocenters. The third-order valence-electron chi connectivity index (χ3n) is 7.95. The van der Waals surface area contributed by atoms with Crippen molar-refractivity contribution in [3.63, 3.8) is 0 Å². The highest BCUT2D eigenvalue weighted by Gasteiger charge is 2.37. The Morgan fingerprint density at radius 2 is 1.68 bits per heavy atom. The summed E-state index contributed by atoms with van der Waals surface area (Å²) in [6.07, 6.45) is 0.269. The monoisotopic (exact) mass is 637 g/mol. The number of carbonyl (C=O) groups is 2. The Morgan fingerprint density at radius 3 is 2.30 bits per heavy atom. The molecule has 0 aliphatic carbocycles. The molecule has 47 heavy (non-hydrogen) atoms. The Labute approximate surface area is 272 Å². The molecule has 3 aromatic carbocycles. The number of amides is 2. The molecule has 0 spiro atoms. The Morgan fingerprint density at radius 1 is 1.04 bits per heavy atom. The quantitative estimate of drug-likeness (QED) is 0.239. The fourth-order valence-electron chi connectivity index (χ4n) is 5.62. The van der Waals surface area contributed by atoms with E-state index in [1.165, 1.54) is 0 Å². The third kappa shape index (κ3) is 8.37. The molecule has 4 aromatic rings. The molecule has 2 amide bonds. The number of morpholine rings is 1. The molecule has 0 radical (unpaired) electrons. The number of rotatable bonds is 11. The van der Waals surface area contributed by atoms with Gasteiger partial charge in [-0.05, 0) is 48.2 Å². The van der Waals surface area contributed by atoms with E-state index in [-0.39, 0.29) is 24.3 Å². The van der Waals surface area contributed by atoms with Gasteiger partial charge in [-0.25, -0.2) is 14.1 Å². The van der Waals surface area contributed by atoms with Crippen LogP contribution < -0.4 is 20.7 Å². The van der Waals surface area contributed by atoms with Gasteiger partial charge in [-0.1, -0.05) is 60.7 Å². The lowest BCUT2D eigenvalue weighted by molar-refractivity contribution is -0.119. The van der Waals surface area contributed by atoms with Crippen LogP contribution in [-0.4, -0.2) is 62.0 Å². The van der Waals surface area contributed by atoms with Crippen LogP contribution in [0.25, 0.3) is 0 Å². The van der Waals surface area contributed by atoms with Crippen LogP contribution in [0, 0.1) is 17.1 Å². The molecule has 242 valence electrons. The van der Waals surface area contributed by atoms with Gasteiger partial charge in [-0.2, -0.15) is 5.26 Å². The molecule has 1 aliphatic rings. The SMILES string of the molecule is COC(=O)N(C(=O)[C@@H](N)C(c1ccccc1)c1ccccc1)c1cc(F)cnc1CC[C@@H]1CNC[C@@H](COc2ccc(C#N)cc2)O1. The first-order valence-corrected chi connectivity index (χ1v) is 15.3. The van der Waals surface area contributed by atoms with Crippen molar-refractivity contribution in [3.8, 4) is 11.8 Å². The van der Waals surface area contributed by atoms with Crippen LogP contribution in [0.2, 0.25) is 0 Å². The maximum absolute atomic E-state index is 14.7. The predicted octanol–water partition coefficient (Wildman–Crippen LogP) is 4.72. The molecule has 0 unspecified atom stereocenters. The molecule has 0 bridgehead atoms. The minimum absolute atomic E-state index is 0.0401. The average Bonchev–Trinajstić information content (AvgIpc) is 3.11. The second-order valence-electron chi connectivity index (χ2n) is 11.1. The molecule has 1 aliphatic heterocycles. The Kier molecular flexibility index (Phi) is 11.2. The van der Waals surface area contributed by atoms with Crippen LogP contribution in [-0.2, 0) is 20.7 Å². The van der Waals surface area contributed by atoms with E-state index in [0.717, 1.165) is 35.4 Å². The lowest BCUT2D eigenvalue weighted by Crippen LogP contribution is -2.50. The van der Waals surface area contributed by atoms with Gasteiger partial charge in [-0.15, -0.1) is 0 Å². The van der Waals surface area contributed by atoms with Crippen molar-refractivity contribution in [1.29, 1.82) is 5.26 Å². The summed E-state index contributed by atoms with van der Waals surface area (Å²) in [4.78, 5) is 32.4. The normalized spacial score (nSPS) is 16.6. The highest BCUT2D eigenvalue weighted by Crippen LogP contribution is 2.31. The average molecular weight is 638 g/mol. The van der Waals surface area contributed by atoms with Crippen molar-refractivity contribution in [2.45, 2.75) is 37.0 Å². The van der Waals surface area contributed by atoms with Gasteiger partial charge in [0.2, 0.25) is 0 Å². The van der Waals surface area contributed by atoms with Crippen LogP contribution >= 0.6 is 0 Å². The number of imide groups is 1. The molecule has 11 heteroatoms. The Balaban J connectivity index is 1.33. The number of aryl methyl sites for hydroxylation is 1. The van der Waals surface area contributed by atoms with E-state index in [9.17, 15) is 14.0 Å². The van der Waals surface area contributed by atoms with Crippen LogP contribution in [0.4, 0.5) is 14.9 Å². The van der Waals surface area contributed by atoms with Crippen LogP contribution in [0.3, 0.4) is 0 Å². The van der Waals surface area contributed by atoms with E-state index in [2.05, 4.69) is 16.4 Å². The zero-order chi connectivity index (χ0) is 33.2. The number of hydrogen-bond donors (Lipinski definition) is 2. The number of hydrogen-bond acceptors (Lipinski definition) is 9. The summed E-state index contributed by atoms with van der Waals surface area (Å²) in [5.74, 6) is -1.47. The smallest absolute Gasteiger partial charge is 0.421 e. The van der Waals surface area contributed by atoms with E-state index in [1.54, 1.807) is 24.3 Å². The van der Waals surface area contributed by atoms with E-state index in [4.69, 9.17) is 25.2 Å². The van der Waals surface area contributed by atoms with E-state index < -0.39 is 29.8 Å². The van der Waals surface area contributed by atoms with Gasteiger partial charge in [0.15, 0.2) is 0 Å². The molecule has 1 aromatic heterocycles. The van der Waals surface area contributed by atoms with Gasteiger partial charge >= 0.3 is 6.09 Å². The number of nitrogens with two attached hydrogens (primary N) is 1. The summed E-state index contributed by atoms with van der Waals surface area (Å²) in [7, 11) is 1.15. The lowest BCUT2D eigenvalue weighted by Gasteiger charge is -2.31. The fraction of sp³-hybridized carbons (Fsp3) is 0.278. The van der Waals surface area contributed by atoms with Crippen LogP contribution in [0.5, 0.6) is 5.75 Å². The van der Waals surface area contributed by atoms with E-state index in [0.29, 0.717) is 43.1 Å². The Bertz CT molecular complexity index is 1640. The summed E-state index contributed by atoms with van der Waals surface area (Å²) >= 11 is 0. The maximum atomic E-state index is 14.7. The number of pyridine rings is 1. The summed E-state index contributed by atoms with van der Waals surface area (Å²) in [5.41, 5.74) is 9.04. The van der Waals surface area contributed by atoms with Crippen molar-refractivity contribution < 1.29 is 28.2 Å². The van der Waals surface area contributed by atoms with Gasteiger partial charge < -0.3 is 25.3 Å². The highest BCUT2D eigenvalue weighted by atomic mass is 19.1. The number of nitrogens with one attached hydrogen (secondary N) is 1. The summed E-state index contributed by atoms with van der Waals surface area (Å²) in [6, 6.07) is 27.4.